The van der Waals surface area contributed by atoms with Crippen molar-refractivity contribution in [1.82, 2.24) is 0 Å². The number of hydrogen-bond acceptors (Lipinski definition) is 5. The van der Waals surface area contributed by atoms with Crippen LogP contribution in [0.3, 0.4) is 0 Å². The van der Waals surface area contributed by atoms with E-state index in [9.17, 15) is 14.4 Å². The summed E-state index contributed by atoms with van der Waals surface area (Å²) < 4.78 is 9.41. The molecule has 0 saturated heterocycles. The number of ketones is 1. The number of benzene rings is 1. The molecule has 1 aromatic rings. The second-order valence-corrected chi connectivity index (χ2v) is 3.78. The molecule has 0 bridgehead atoms. The SMILES string of the molecule is COc1ccc(/C=C/C(=O)OC(=O)CC(C)=O)cc1. The normalized spacial score (nSPS) is 10.2. The van der Waals surface area contributed by atoms with Gasteiger partial charge >= 0.3 is 11.9 Å². The highest BCUT2D eigenvalue weighted by atomic mass is 16.6. The standard InChI is InChI=1S/C14H14O5/c1-10(15)9-14(17)19-13(16)8-5-11-3-6-12(18-2)7-4-11/h3-8H,9H2,1-2H3/b8-5+. The Labute approximate surface area is 110 Å². The molecule has 0 fully saturated rings. The fraction of sp³-hybridized carbons (Fsp3) is 0.214. The molecule has 0 saturated carbocycles. The van der Waals surface area contributed by atoms with Gasteiger partial charge in [-0.25, -0.2) is 4.79 Å². The molecule has 19 heavy (non-hydrogen) atoms. The number of hydrogen-bond donors (Lipinski definition) is 0. The van der Waals surface area contributed by atoms with Gasteiger partial charge in [-0.3, -0.25) is 9.59 Å². The van der Waals surface area contributed by atoms with E-state index >= 15 is 0 Å². The van der Waals surface area contributed by atoms with E-state index in [4.69, 9.17) is 4.74 Å². The number of ether oxygens (including phenoxy) is 2. The molecule has 100 valence electrons. The molecule has 5 heteroatoms. The van der Waals surface area contributed by atoms with E-state index in [2.05, 4.69) is 4.74 Å². The van der Waals surface area contributed by atoms with Crippen molar-refractivity contribution in [2.24, 2.45) is 0 Å². The second kappa shape index (κ2) is 7.10. The zero-order valence-corrected chi connectivity index (χ0v) is 10.7. The van der Waals surface area contributed by atoms with Crippen LogP contribution in [-0.4, -0.2) is 24.8 Å². The summed E-state index contributed by atoms with van der Waals surface area (Å²) in [6.45, 7) is 1.25. The second-order valence-electron chi connectivity index (χ2n) is 3.78. The van der Waals surface area contributed by atoms with Gasteiger partial charge in [-0.1, -0.05) is 12.1 Å². The molecular formula is C14H14O5. The maximum atomic E-state index is 11.3. The smallest absolute Gasteiger partial charge is 0.338 e. The Bertz CT molecular complexity index is 499. The third-order valence-electron chi connectivity index (χ3n) is 2.14. The van der Waals surface area contributed by atoms with Crippen LogP contribution in [0.5, 0.6) is 5.75 Å². The fourth-order valence-electron chi connectivity index (χ4n) is 1.26. The number of carbonyl (C=O) groups excluding carboxylic acids is 3. The Balaban J connectivity index is 2.53. The van der Waals surface area contributed by atoms with E-state index < -0.39 is 18.4 Å². The summed E-state index contributed by atoms with van der Waals surface area (Å²) >= 11 is 0. The number of esters is 2. The predicted octanol–water partition coefficient (Wildman–Crippen LogP) is 1.76. The summed E-state index contributed by atoms with van der Waals surface area (Å²) in [7, 11) is 1.56. The van der Waals surface area contributed by atoms with Crippen molar-refractivity contribution in [2.45, 2.75) is 13.3 Å². The van der Waals surface area contributed by atoms with Gasteiger partial charge in [-0.2, -0.15) is 0 Å². The minimum atomic E-state index is -0.850. The number of methoxy groups -OCH3 is 1. The van der Waals surface area contributed by atoms with Crippen molar-refractivity contribution in [3.63, 3.8) is 0 Å². The lowest BCUT2D eigenvalue weighted by atomic mass is 10.2. The van der Waals surface area contributed by atoms with Crippen LogP contribution in [0.15, 0.2) is 30.3 Å². The third kappa shape index (κ3) is 5.63. The molecule has 0 atom stereocenters. The molecule has 0 aromatic heterocycles. The highest BCUT2D eigenvalue weighted by Gasteiger charge is 2.09. The summed E-state index contributed by atoms with van der Waals surface area (Å²) in [5.41, 5.74) is 0.761. The Morgan fingerprint density at radius 1 is 1.16 bits per heavy atom. The van der Waals surface area contributed by atoms with E-state index in [-0.39, 0.29) is 5.78 Å². The number of carbonyl (C=O) groups is 3. The van der Waals surface area contributed by atoms with E-state index in [0.29, 0.717) is 5.75 Å². The molecule has 0 heterocycles. The zero-order valence-electron chi connectivity index (χ0n) is 10.7. The molecular weight excluding hydrogens is 248 g/mol. The monoisotopic (exact) mass is 262 g/mol. The first kappa shape index (κ1) is 14.6. The molecule has 1 rings (SSSR count). The van der Waals surface area contributed by atoms with E-state index in [1.54, 1.807) is 31.4 Å². The third-order valence-corrected chi connectivity index (χ3v) is 2.14. The summed E-state index contributed by atoms with van der Waals surface area (Å²) in [6, 6.07) is 6.98. The molecule has 0 aliphatic heterocycles. The van der Waals surface area contributed by atoms with E-state index in [0.717, 1.165) is 11.6 Å². The average Bonchev–Trinajstić information content (AvgIpc) is 2.36. The van der Waals surface area contributed by atoms with Crippen molar-refractivity contribution >= 4 is 23.8 Å². The van der Waals surface area contributed by atoms with Gasteiger partial charge in [-0.15, -0.1) is 0 Å². The predicted molar refractivity (Wildman–Crippen MR) is 68.4 cm³/mol. The van der Waals surface area contributed by atoms with Crippen molar-refractivity contribution < 1.29 is 23.9 Å². The molecule has 0 unspecified atom stereocenters. The molecule has 1 aromatic carbocycles. The summed E-state index contributed by atoms with van der Waals surface area (Å²) in [5.74, 6) is -1.30. The number of rotatable bonds is 5. The lowest BCUT2D eigenvalue weighted by molar-refractivity contribution is -0.156. The van der Waals surface area contributed by atoms with E-state index in [1.807, 2.05) is 0 Å². The van der Waals surface area contributed by atoms with Crippen molar-refractivity contribution in [2.75, 3.05) is 7.11 Å². The minimum Gasteiger partial charge on any atom is -0.497 e. The van der Waals surface area contributed by atoms with Gasteiger partial charge in [0.05, 0.1) is 7.11 Å². The lowest BCUT2D eigenvalue weighted by Gasteiger charge is -1.99. The average molecular weight is 262 g/mol. The van der Waals surface area contributed by atoms with Crippen LogP contribution in [0, 0.1) is 0 Å². The van der Waals surface area contributed by atoms with Crippen LogP contribution in [0.4, 0.5) is 0 Å². The molecule has 0 N–H and O–H groups in total. The van der Waals surface area contributed by atoms with Crippen molar-refractivity contribution in [3.05, 3.63) is 35.9 Å². The van der Waals surface area contributed by atoms with Gasteiger partial charge in [0, 0.05) is 6.08 Å². The molecule has 0 spiro atoms. The van der Waals surface area contributed by atoms with Crippen molar-refractivity contribution in [3.8, 4) is 5.75 Å². The summed E-state index contributed by atoms with van der Waals surface area (Å²) in [6.07, 6.45) is 2.23. The summed E-state index contributed by atoms with van der Waals surface area (Å²) in [5, 5.41) is 0. The highest BCUT2D eigenvalue weighted by Crippen LogP contribution is 2.12. The van der Waals surface area contributed by atoms with Gasteiger partial charge in [0.1, 0.15) is 18.0 Å². The molecule has 0 aliphatic carbocycles. The van der Waals surface area contributed by atoms with Crippen LogP contribution >= 0.6 is 0 Å². The van der Waals surface area contributed by atoms with Gasteiger partial charge in [-0.05, 0) is 30.7 Å². The van der Waals surface area contributed by atoms with Gasteiger partial charge in [0.25, 0.3) is 0 Å². The fourth-order valence-corrected chi connectivity index (χ4v) is 1.26. The maximum absolute atomic E-state index is 11.3. The highest BCUT2D eigenvalue weighted by molar-refractivity contribution is 6.01. The Hall–Kier alpha value is -2.43. The zero-order chi connectivity index (χ0) is 14.3. The van der Waals surface area contributed by atoms with Crippen molar-refractivity contribution in [1.29, 1.82) is 0 Å². The first-order valence-corrected chi connectivity index (χ1v) is 5.57. The van der Waals surface area contributed by atoms with Crippen LogP contribution in [0.1, 0.15) is 18.9 Å². The van der Waals surface area contributed by atoms with Crippen LogP contribution < -0.4 is 4.74 Å². The molecule has 0 radical (unpaired) electrons. The topological polar surface area (TPSA) is 69.7 Å². The molecule has 0 amide bonds. The van der Waals surface area contributed by atoms with Gasteiger partial charge in [0.2, 0.25) is 0 Å². The van der Waals surface area contributed by atoms with Gasteiger partial charge in [0.15, 0.2) is 0 Å². The quantitative estimate of drug-likeness (QED) is 0.459. The Morgan fingerprint density at radius 2 is 1.79 bits per heavy atom. The lowest BCUT2D eigenvalue weighted by Crippen LogP contribution is -2.12. The van der Waals surface area contributed by atoms with Crippen LogP contribution in [0.25, 0.3) is 6.08 Å². The Morgan fingerprint density at radius 3 is 2.32 bits per heavy atom. The Kier molecular flexibility index (Phi) is 5.47. The first-order chi connectivity index (χ1) is 9.01. The van der Waals surface area contributed by atoms with E-state index in [1.165, 1.54) is 13.0 Å². The van der Waals surface area contributed by atoms with Gasteiger partial charge < -0.3 is 9.47 Å². The van der Waals surface area contributed by atoms with Crippen LogP contribution in [0.2, 0.25) is 0 Å². The summed E-state index contributed by atoms with van der Waals surface area (Å²) in [4.78, 5) is 32.9. The molecule has 0 aliphatic rings. The minimum absolute atomic E-state index is 0.350. The first-order valence-electron chi connectivity index (χ1n) is 5.57. The molecule has 5 nitrogen and oxygen atoms in total. The largest absolute Gasteiger partial charge is 0.497 e. The maximum Gasteiger partial charge on any atom is 0.338 e. The number of Topliss-reactive ketones (excluding diaryl/α,β-unsaturated/α-hetero) is 1. The van der Waals surface area contributed by atoms with Crippen LogP contribution in [-0.2, 0) is 19.1 Å².